The van der Waals surface area contributed by atoms with E-state index in [1.54, 1.807) is 51.6 Å². The number of carboxylic acids is 1. The van der Waals surface area contributed by atoms with Crippen LogP contribution in [0, 0.1) is 11.6 Å². The maximum Gasteiger partial charge on any atom is 0.324 e. The number of carboxylic acid groups (broad SMARTS) is 1. The summed E-state index contributed by atoms with van der Waals surface area (Å²) in [5.41, 5.74) is 1.72. The lowest BCUT2D eigenvalue weighted by Crippen LogP contribution is -2.61. The van der Waals surface area contributed by atoms with Crippen LogP contribution in [0.5, 0.6) is 11.5 Å². The SMILES string of the molecule is CNC(=O)C1(N(C)Cc2cc3c(Nc4cccc(Cl)c4F)ncnc3cc2OC)CCN(C)CC1.COc1cc2ncnc(Nc3cccc(Cl)c3F)c2cc1CN(C)C1(C(=O)O)CCN(C)CC1. The number of benzene rings is 4. The van der Waals surface area contributed by atoms with Crippen molar-refractivity contribution in [2.45, 2.75) is 49.9 Å². The molecule has 2 aromatic heterocycles. The van der Waals surface area contributed by atoms with Crippen LogP contribution in [0.15, 0.2) is 73.3 Å². The molecule has 0 saturated carbocycles. The number of hydrogen-bond donors (Lipinski definition) is 4. The van der Waals surface area contributed by atoms with Gasteiger partial charge in [-0.1, -0.05) is 35.3 Å². The number of likely N-dealkylation sites (tertiary alicyclic amines) is 2. The van der Waals surface area contributed by atoms with Crippen molar-refractivity contribution in [2.75, 3.05) is 86.3 Å². The van der Waals surface area contributed by atoms with Crippen molar-refractivity contribution in [1.82, 2.24) is 44.9 Å². The summed E-state index contributed by atoms with van der Waals surface area (Å²) < 4.78 is 40.3. The highest BCUT2D eigenvalue weighted by Crippen LogP contribution is 2.37. The molecule has 16 nitrogen and oxygen atoms in total. The second-order valence-electron chi connectivity index (χ2n) is 17.5. The summed E-state index contributed by atoms with van der Waals surface area (Å²) in [7, 11) is 12.7. The van der Waals surface area contributed by atoms with E-state index in [9.17, 15) is 23.5 Å². The fraction of sp³-hybridized carbons (Fsp3) is 0.388. The van der Waals surface area contributed by atoms with Crippen molar-refractivity contribution in [3.05, 3.63) is 106 Å². The fourth-order valence-corrected chi connectivity index (χ4v) is 9.45. The number of anilines is 4. The van der Waals surface area contributed by atoms with Crippen molar-refractivity contribution >= 4 is 79.9 Å². The minimum Gasteiger partial charge on any atom is -0.496 e. The Morgan fingerprint density at radius 1 is 0.696 bits per heavy atom. The summed E-state index contributed by atoms with van der Waals surface area (Å²) in [6.07, 6.45) is 5.29. The molecule has 0 atom stereocenters. The van der Waals surface area contributed by atoms with Gasteiger partial charge in [0.05, 0.1) is 46.7 Å². The Bertz CT molecular complexity index is 2830. The van der Waals surface area contributed by atoms with Gasteiger partial charge in [0.25, 0.3) is 0 Å². The van der Waals surface area contributed by atoms with Crippen LogP contribution in [0.2, 0.25) is 10.0 Å². The monoisotopic (exact) mass is 987 g/mol. The van der Waals surface area contributed by atoms with E-state index in [1.165, 1.54) is 24.8 Å². The number of rotatable bonds is 14. The van der Waals surface area contributed by atoms with Crippen LogP contribution in [0.3, 0.4) is 0 Å². The number of piperidine rings is 2. The summed E-state index contributed by atoms with van der Waals surface area (Å²) in [6, 6.07) is 16.9. The van der Waals surface area contributed by atoms with Gasteiger partial charge in [-0.15, -0.1) is 0 Å². The highest BCUT2D eigenvalue weighted by atomic mass is 35.5. The van der Waals surface area contributed by atoms with E-state index in [0.717, 1.165) is 37.1 Å². The van der Waals surface area contributed by atoms with Gasteiger partial charge >= 0.3 is 5.97 Å². The largest absolute Gasteiger partial charge is 0.496 e. The van der Waals surface area contributed by atoms with E-state index in [2.05, 4.69) is 57.6 Å². The first-order valence-corrected chi connectivity index (χ1v) is 23.1. The van der Waals surface area contributed by atoms with Gasteiger partial charge in [-0.3, -0.25) is 19.4 Å². The number of methoxy groups -OCH3 is 2. The van der Waals surface area contributed by atoms with Gasteiger partial charge in [-0.25, -0.2) is 28.7 Å². The molecule has 0 radical (unpaired) electrons. The first kappa shape index (κ1) is 50.8. The lowest BCUT2D eigenvalue weighted by molar-refractivity contribution is -0.154. The van der Waals surface area contributed by atoms with E-state index >= 15 is 0 Å². The molecule has 0 aliphatic carbocycles. The third-order valence-corrected chi connectivity index (χ3v) is 14.0. The van der Waals surface area contributed by atoms with Gasteiger partial charge < -0.3 is 40.3 Å². The number of hydrogen-bond acceptors (Lipinski definition) is 14. The molecule has 0 bridgehead atoms. The number of carbonyl (C=O) groups is 2. The van der Waals surface area contributed by atoms with Crippen LogP contribution >= 0.6 is 23.2 Å². The van der Waals surface area contributed by atoms with Crippen molar-refractivity contribution in [3.63, 3.8) is 0 Å². The van der Waals surface area contributed by atoms with E-state index in [-0.39, 0.29) is 27.3 Å². The Balaban J connectivity index is 0.000000204. The summed E-state index contributed by atoms with van der Waals surface area (Å²) in [5, 5.41) is 20.4. The molecule has 4 N–H and O–H groups in total. The maximum atomic E-state index is 14.5. The van der Waals surface area contributed by atoms with Gasteiger partial charge in [0.15, 0.2) is 11.6 Å². The van der Waals surface area contributed by atoms with E-state index in [4.69, 9.17) is 32.7 Å². The molecule has 0 unspecified atom stereocenters. The zero-order valence-corrected chi connectivity index (χ0v) is 41.2. The van der Waals surface area contributed by atoms with Gasteiger partial charge in [0, 0.05) is 80.3 Å². The summed E-state index contributed by atoms with van der Waals surface area (Å²) in [5.74, 6) is 0.154. The number of nitrogens with zero attached hydrogens (tertiary/aromatic N) is 8. The molecule has 2 aliphatic heterocycles. The molecular weight excluding hydrogens is 932 g/mol. The number of aromatic nitrogens is 4. The Hall–Kier alpha value is -6.02. The molecule has 1 amide bonds. The minimum atomic E-state index is -0.968. The molecule has 8 rings (SSSR count). The predicted octanol–water partition coefficient (Wildman–Crippen LogP) is 7.97. The second kappa shape index (κ2) is 21.7. The quantitative estimate of drug-likeness (QED) is 0.0827. The van der Waals surface area contributed by atoms with Gasteiger partial charge in [0.1, 0.15) is 46.9 Å². The standard InChI is InChI=1S/C25H30ClFN6O2.C24H27ClFN5O3/c1-28-24(34)25(8-10-32(2)11-9-25)33(3)14-16-12-17-20(13-21(16)35-4)29-15-30-23(17)31-19-7-5-6-18(26)22(19)27;1-30-9-7-24(8-10-30,23(32)33)31(2)13-15-11-16-19(12-20(15)34-3)27-14-28-22(16)29-18-6-4-5-17(25)21(18)26/h5-7,12-13,15H,8-11,14H2,1-4H3,(H,28,34)(H,29,30,31);4-6,11-12,14H,7-10,13H2,1-3H3,(H,32,33)(H,27,28,29). The molecule has 366 valence electrons. The number of aliphatic carboxylic acids is 1. The normalized spacial score (nSPS) is 16.0. The van der Waals surface area contributed by atoms with Crippen molar-refractivity contribution in [3.8, 4) is 11.5 Å². The van der Waals surface area contributed by atoms with E-state index < -0.39 is 28.7 Å². The topological polar surface area (TPSA) is 173 Å². The number of nitrogens with one attached hydrogen (secondary N) is 3. The molecule has 20 heteroatoms. The molecule has 2 saturated heterocycles. The number of amides is 1. The third kappa shape index (κ3) is 10.8. The highest BCUT2D eigenvalue weighted by molar-refractivity contribution is 6.31. The number of likely N-dealkylation sites (N-methyl/N-ethyl adjacent to an activating group) is 3. The second-order valence-corrected chi connectivity index (χ2v) is 18.3. The smallest absolute Gasteiger partial charge is 0.324 e. The Morgan fingerprint density at radius 2 is 1.10 bits per heavy atom. The van der Waals surface area contributed by atoms with Crippen molar-refractivity contribution in [1.29, 1.82) is 0 Å². The fourth-order valence-electron chi connectivity index (χ4n) is 9.10. The average Bonchev–Trinajstić information content (AvgIpc) is 3.34. The lowest BCUT2D eigenvalue weighted by atomic mass is 9.84. The molecule has 4 heterocycles. The predicted molar refractivity (Wildman–Crippen MR) is 265 cm³/mol. The van der Waals surface area contributed by atoms with Crippen molar-refractivity contribution < 1.29 is 33.0 Å². The van der Waals surface area contributed by atoms with Crippen molar-refractivity contribution in [2.24, 2.45) is 0 Å². The minimum absolute atomic E-state index is 0.00411. The molecule has 0 spiro atoms. The lowest BCUT2D eigenvalue weighted by Gasteiger charge is -2.45. The zero-order valence-electron chi connectivity index (χ0n) is 39.7. The Labute approximate surface area is 409 Å². The van der Waals surface area contributed by atoms with Crippen LogP contribution < -0.4 is 25.4 Å². The van der Waals surface area contributed by atoms with E-state index in [1.807, 2.05) is 44.2 Å². The van der Waals surface area contributed by atoms with Crippen LogP contribution in [0.4, 0.5) is 31.8 Å². The summed E-state index contributed by atoms with van der Waals surface area (Å²) in [4.78, 5) is 51.0. The van der Waals surface area contributed by atoms with Crippen LogP contribution in [-0.4, -0.2) is 143 Å². The van der Waals surface area contributed by atoms with Gasteiger partial charge in [-0.2, -0.15) is 0 Å². The third-order valence-electron chi connectivity index (χ3n) is 13.4. The molecular formula is C49H57Cl2F2N11O5. The number of halogens is 4. The molecule has 4 aromatic carbocycles. The summed E-state index contributed by atoms with van der Waals surface area (Å²) in [6.45, 7) is 3.89. The van der Waals surface area contributed by atoms with Gasteiger partial charge in [-0.05, 0) is 90.3 Å². The Kier molecular flexibility index (Phi) is 16.0. The first-order valence-electron chi connectivity index (χ1n) is 22.3. The van der Waals surface area contributed by atoms with E-state index in [0.29, 0.717) is 84.0 Å². The molecule has 2 aliphatic rings. The van der Waals surface area contributed by atoms with Crippen LogP contribution in [-0.2, 0) is 22.7 Å². The number of fused-ring (bicyclic) bond motifs is 2. The molecule has 6 aromatic rings. The van der Waals surface area contributed by atoms with Crippen LogP contribution in [0.25, 0.3) is 21.8 Å². The van der Waals surface area contributed by atoms with Gasteiger partial charge in [0.2, 0.25) is 5.91 Å². The zero-order chi connectivity index (χ0) is 49.6. The maximum absolute atomic E-state index is 14.5. The number of carbonyl (C=O) groups excluding carboxylic acids is 1. The highest BCUT2D eigenvalue weighted by Gasteiger charge is 2.45. The molecule has 69 heavy (non-hydrogen) atoms. The summed E-state index contributed by atoms with van der Waals surface area (Å²) >= 11 is 11.9. The molecule has 2 fully saturated rings. The first-order chi connectivity index (χ1) is 33.0. The Morgan fingerprint density at radius 3 is 1.49 bits per heavy atom. The van der Waals surface area contributed by atoms with Crippen LogP contribution in [0.1, 0.15) is 36.8 Å². The number of ether oxygens (including phenoxy) is 2. The average molecular weight is 989 g/mol.